The van der Waals surface area contributed by atoms with E-state index in [-0.39, 0.29) is 6.03 Å². The SMILES string of the molecule is O=C(Nc1ccccc1)Nc1cccc(-c2ccc3nnc(-c4ccncc4)n3n2)c1. The number of benzene rings is 2. The zero-order valence-electron chi connectivity index (χ0n) is 16.3. The Morgan fingerprint density at radius 3 is 2.35 bits per heavy atom. The summed E-state index contributed by atoms with van der Waals surface area (Å²) in [5, 5.41) is 18.8. The summed E-state index contributed by atoms with van der Waals surface area (Å²) in [7, 11) is 0. The predicted octanol–water partition coefficient (Wildman–Crippen LogP) is 4.50. The fourth-order valence-electron chi connectivity index (χ4n) is 3.20. The van der Waals surface area contributed by atoms with Gasteiger partial charge >= 0.3 is 6.03 Å². The minimum atomic E-state index is -0.314. The number of carbonyl (C=O) groups excluding carboxylic acids is 1. The molecule has 0 atom stereocenters. The predicted molar refractivity (Wildman–Crippen MR) is 119 cm³/mol. The van der Waals surface area contributed by atoms with Gasteiger partial charge in [0.25, 0.3) is 0 Å². The maximum atomic E-state index is 12.3. The van der Waals surface area contributed by atoms with Crippen molar-refractivity contribution in [3.8, 4) is 22.6 Å². The van der Waals surface area contributed by atoms with Gasteiger partial charge in [0.1, 0.15) is 0 Å². The molecule has 0 aliphatic carbocycles. The maximum Gasteiger partial charge on any atom is 0.323 e. The molecule has 0 bridgehead atoms. The standard InChI is InChI=1S/C23H17N7O/c31-23(25-18-6-2-1-3-7-18)26-19-8-4-5-17(15-19)20-9-10-21-27-28-22(30(21)29-20)16-11-13-24-14-12-16/h1-15H,(H2,25,26,31). The van der Waals surface area contributed by atoms with Crippen molar-refractivity contribution >= 4 is 23.1 Å². The first-order valence-corrected chi connectivity index (χ1v) is 9.63. The normalized spacial score (nSPS) is 10.7. The number of amides is 2. The molecular weight excluding hydrogens is 390 g/mol. The lowest BCUT2D eigenvalue weighted by Gasteiger charge is -2.09. The van der Waals surface area contributed by atoms with Crippen molar-refractivity contribution in [3.05, 3.63) is 91.3 Å². The lowest BCUT2D eigenvalue weighted by atomic mass is 10.1. The third kappa shape index (κ3) is 3.95. The number of carbonyl (C=O) groups is 1. The second-order valence-electron chi connectivity index (χ2n) is 6.77. The van der Waals surface area contributed by atoms with E-state index in [1.54, 1.807) is 16.9 Å². The molecule has 8 nitrogen and oxygen atoms in total. The molecular formula is C23H17N7O. The highest BCUT2D eigenvalue weighted by Gasteiger charge is 2.11. The van der Waals surface area contributed by atoms with Gasteiger partial charge in [0.05, 0.1) is 5.69 Å². The second kappa shape index (κ2) is 8.03. The molecule has 3 heterocycles. The van der Waals surface area contributed by atoms with E-state index < -0.39 is 0 Å². The molecule has 2 N–H and O–H groups in total. The van der Waals surface area contributed by atoms with Crippen LogP contribution in [-0.4, -0.2) is 30.8 Å². The van der Waals surface area contributed by atoms with Crippen molar-refractivity contribution in [3.63, 3.8) is 0 Å². The lowest BCUT2D eigenvalue weighted by Crippen LogP contribution is -2.19. The first-order valence-electron chi connectivity index (χ1n) is 9.63. The largest absolute Gasteiger partial charge is 0.323 e. The molecule has 0 unspecified atom stereocenters. The number of nitrogens with zero attached hydrogens (tertiary/aromatic N) is 5. The summed E-state index contributed by atoms with van der Waals surface area (Å²) in [6.07, 6.45) is 3.41. The minimum absolute atomic E-state index is 0.314. The van der Waals surface area contributed by atoms with Crippen LogP contribution in [0, 0.1) is 0 Å². The van der Waals surface area contributed by atoms with Gasteiger partial charge in [-0.15, -0.1) is 10.2 Å². The summed E-state index contributed by atoms with van der Waals surface area (Å²) >= 11 is 0. The molecule has 0 saturated carbocycles. The summed E-state index contributed by atoms with van der Waals surface area (Å²) in [5.41, 5.74) is 4.49. The third-order valence-electron chi connectivity index (χ3n) is 4.65. The highest BCUT2D eigenvalue weighted by Crippen LogP contribution is 2.23. The minimum Gasteiger partial charge on any atom is -0.308 e. The van der Waals surface area contributed by atoms with E-state index in [1.807, 2.05) is 78.9 Å². The summed E-state index contributed by atoms with van der Waals surface area (Å²) in [6.45, 7) is 0. The van der Waals surface area contributed by atoms with Crippen molar-refractivity contribution in [2.75, 3.05) is 10.6 Å². The molecule has 31 heavy (non-hydrogen) atoms. The number of nitrogens with one attached hydrogen (secondary N) is 2. The van der Waals surface area contributed by atoms with E-state index in [2.05, 4.69) is 25.8 Å². The summed E-state index contributed by atoms with van der Waals surface area (Å²) in [4.78, 5) is 16.4. The van der Waals surface area contributed by atoms with Crippen LogP contribution in [0.15, 0.2) is 91.3 Å². The molecule has 5 rings (SSSR count). The zero-order valence-corrected chi connectivity index (χ0v) is 16.3. The molecule has 5 aromatic rings. The van der Waals surface area contributed by atoms with Crippen LogP contribution >= 0.6 is 0 Å². The Balaban J connectivity index is 1.42. The van der Waals surface area contributed by atoms with Gasteiger partial charge in [-0.3, -0.25) is 4.98 Å². The van der Waals surface area contributed by atoms with E-state index in [4.69, 9.17) is 5.10 Å². The molecule has 0 saturated heterocycles. The molecule has 150 valence electrons. The van der Waals surface area contributed by atoms with Gasteiger partial charge in [0.2, 0.25) is 0 Å². The van der Waals surface area contributed by atoms with Gasteiger partial charge in [0.15, 0.2) is 11.5 Å². The molecule has 3 aromatic heterocycles. The first kappa shape index (κ1) is 18.4. The van der Waals surface area contributed by atoms with Crippen LogP contribution in [0.4, 0.5) is 16.2 Å². The van der Waals surface area contributed by atoms with Crippen molar-refractivity contribution < 1.29 is 4.79 Å². The van der Waals surface area contributed by atoms with Crippen LogP contribution in [0.5, 0.6) is 0 Å². The topological polar surface area (TPSA) is 97.1 Å². The van der Waals surface area contributed by atoms with E-state index in [9.17, 15) is 4.79 Å². The number of rotatable bonds is 4. The number of pyridine rings is 1. The second-order valence-corrected chi connectivity index (χ2v) is 6.77. The number of para-hydroxylation sites is 1. The van der Waals surface area contributed by atoms with E-state index in [0.29, 0.717) is 17.2 Å². The number of hydrogen-bond acceptors (Lipinski definition) is 5. The fourth-order valence-corrected chi connectivity index (χ4v) is 3.20. The van der Waals surface area contributed by atoms with Gasteiger partial charge in [-0.25, -0.2) is 4.79 Å². The molecule has 0 aliphatic heterocycles. The average Bonchev–Trinajstić information content (AvgIpc) is 3.24. The Hall–Kier alpha value is -4.59. The van der Waals surface area contributed by atoms with Gasteiger partial charge < -0.3 is 10.6 Å². The van der Waals surface area contributed by atoms with Gasteiger partial charge in [-0.05, 0) is 48.5 Å². The van der Waals surface area contributed by atoms with Crippen LogP contribution in [0.25, 0.3) is 28.3 Å². The van der Waals surface area contributed by atoms with E-state index in [0.717, 1.165) is 22.5 Å². The van der Waals surface area contributed by atoms with Crippen LogP contribution in [-0.2, 0) is 0 Å². The molecule has 0 aliphatic rings. The summed E-state index contributed by atoms with van der Waals surface area (Å²) in [5.74, 6) is 0.635. The lowest BCUT2D eigenvalue weighted by molar-refractivity contribution is 0.262. The molecule has 2 amide bonds. The van der Waals surface area contributed by atoms with Gasteiger partial charge in [-0.1, -0.05) is 30.3 Å². The first-order chi connectivity index (χ1) is 15.3. The number of fused-ring (bicyclic) bond motifs is 1. The Morgan fingerprint density at radius 2 is 1.52 bits per heavy atom. The summed E-state index contributed by atoms with van der Waals surface area (Å²) in [6, 6.07) is 23.9. The molecule has 2 aromatic carbocycles. The molecule has 0 fully saturated rings. The number of aromatic nitrogens is 5. The highest BCUT2D eigenvalue weighted by molar-refractivity contribution is 6.00. The number of hydrogen-bond donors (Lipinski definition) is 2. The van der Waals surface area contributed by atoms with Crippen molar-refractivity contribution in [2.45, 2.75) is 0 Å². The third-order valence-corrected chi connectivity index (χ3v) is 4.65. The van der Waals surface area contributed by atoms with Crippen LogP contribution in [0.3, 0.4) is 0 Å². The molecule has 8 heteroatoms. The molecule has 0 spiro atoms. The average molecular weight is 407 g/mol. The maximum absolute atomic E-state index is 12.3. The highest BCUT2D eigenvalue weighted by atomic mass is 16.2. The van der Waals surface area contributed by atoms with E-state index in [1.165, 1.54) is 0 Å². The Bertz CT molecular complexity index is 1350. The Kier molecular flexibility index (Phi) is 4.78. The van der Waals surface area contributed by atoms with Crippen LogP contribution in [0.2, 0.25) is 0 Å². The Morgan fingerprint density at radius 1 is 0.742 bits per heavy atom. The van der Waals surface area contributed by atoms with Crippen LogP contribution < -0.4 is 10.6 Å². The van der Waals surface area contributed by atoms with Crippen molar-refractivity contribution in [2.24, 2.45) is 0 Å². The number of anilines is 2. The number of urea groups is 1. The van der Waals surface area contributed by atoms with Crippen molar-refractivity contribution in [1.29, 1.82) is 0 Å². The van der Waals surface area contributed by atoms with Gasteiger partial charge in [0, 0.05) is 34.9 Å². The van der Waals surface area contributed by atoms with Crippen LogP contribution in [0.1, 0.15) is 0 Å². The monoisotopic (exact) mass is 407 g/mol. The van der Waals surface area contributed by atoms with Crippen molar-refractivity contribution in [1.82, 2.24) is 24.8 Å². The van der Waals surface area contributed by atoms with Gasteiger partial charge in [-0.2, -0.15) is 9.61 Å². The smallest absolute Gasteiger partial charge is 0.308 e. The van der Waals surface area contributed by atoms with E-state index >= 15 is 0 Å². The zero-order chi connectivity index (χ0) is 21.0. The molecule has 0 radical (unpaired) electrons. The Labute approximate surface area is 177 Å². The fraction of sp³-hybridized carbons (Fsp3) is 0. The quantitative estimate of drug-likeness (QED) is 0.457. The summed E-state index contributed by atoms with van der Waals surface area (Å²) < 4.78 is 1.70.